The van der Waals surface area contributed by atoms with Crippen molar-refractivity contribution in [2.75, 3.05) is 0 Å². The molecule has 0 amide bonds. The Balaban J connectivity index is 2.25. The summed E-state index contributed by atoms with van der Waals surface area (Å²) in [4.78, 5) is 37.7. The largest absolute Gasteiger partial charge is 0.486 e. The molecule has 0 N–H and O–H groups in total. The van der Waals surface area contributed by atoms with Crippen molar-refractivity contribution in [2.45, 2.75) is 92.1 Å². The van der Waals surface area contributed by atoms with Crippen LogP contribution in [0.4, 0.5) is 0 Å². The maximum absolute atomic E-state index is 13.3. The fourth-order valence-corrected chi connectivity index (χ4v) is 4.32. The van der Waals surface area contributed by atoms with Crippen LogP contribution in [0.1, 0.15) is 86.0 Å². The summed E-state index contributed by atoms with van der Waals surface area (Å²) in [7, 11) is 0. The molecule has 172 valence electrons. The lowest BCUT2D eigenvalue weighted by molar-refractivity contribution is -0.155. The van der Waals surface area contributed by atoms with Gasteiger partial charge in [-0.3, -0.25) is 9.59 Å². The van der Waals surface area contributed by atoms with Crippen LogP contribution in [0.25, 0.3) is 0 Å². The number of ketones is 2. The zero-order valence-corrected chi connectivity index (χ0v) is 19.7. The van der Waals surface area contributed by atoms with Crippen molar-refractivity contribution in [3.63, 3.8) is 0 Å². The number of benzene rings is 1. The van der Waals surface area contributed by atoms with Gasteiger partial charge in [0.05, 0.1) is 6.10 Å². The summed E-state index contributed by atoms with van der Waals surface area (Å²) in [6.45, 7) is 10.1. The number of ether oxygens (including phenoxy) is 2. The van der Waals surface area contributed by atoms with Crippen LogP contribution in [0.15, 0.2) is 24.3 Å². The molecule has 1 fully saturated rings. The van der Waals surface area contributed by atoms with Crippen LogP contribution in [0.3, 0.4) is 0 Å². The van der Waals surface area contributed by atoms with E-state index in [9.17, 15) is 14.4 Å². The molecule has 1 aromatic rings. The molecule has 1 saturated carbocycles. The molecule has 5 nitrogen and oxygen atoms in total. The average Bonchev–Trinajstić information content (AvgIpc) is 2.68. The quantitative estimate of drug-likeness (QED) is 0.247. The number of carbonyl (C=O) groups is 3. The Labute approximate surface area is 186 Å². The topological polar surface area (TPSA) is 69.7 Å². The third-order valence-corrected chi connectivity index (χ3v) is 5.90. The molecule has 0 aromatic heterocycles. The Bertz CT molecular complexity index is 757. The molecule has 1 aliphatic carbocycles. The zero-order valence-electron chi connectivity index (χ0n) is 19.7. The molecule has 0 spiro atoms. The van der Waals surface area contributed by atoms with Crippen LogP contribution >= 0.6 is 0 Å². The number of Topliss-reactive ketones (excluding diaryl/α,β-unsaturated/α-hetero) is 2. The molecule has 0 heterocycles. The number of rotatable bonds is 11. The van der Waals surface area contributed by atoms with E-state index in [1.807, 2.05) is 6.07 Å². The monoisotopic (exact) mass is 430 g/mol. The van der Waals surface area contributed by atoms with Gasteiger partial charge in [0.15, 0.2) is 11.5 Å². The minimum atomic E-state index is -1.23. The van der Waals surface area contributed by atoms with Gasteiger partial charge in [0.1, 0.15) is 17.0 Å². The number of hydrogen-bond donors (Lipinski definition) is 0. The van der Waals surface area contributed by atoms with Crippen LogP contribution in [-0.4, -0.2) is 23.6 Å². The van der Waals surface area contributed by atoms with Gasteiger partial charge >= 0.3 is 5.97 Å². The van der Waals surface area contributed by atoms with Crippen LogP contribution < -0.4 is 9.47 Å². The summed E-state index contributed by atoms with van der Waals surface area (Å²) in [5.74, 6) is 1.12. The van der Waals surface area contributed by atoms with Crippen molar-refractivity contribution < 1.29 is 23.9 Å². The number of para-hydroxylation sites is 2. The highest BCUT2D eigenvalue weighted by molar-refractivity contribution is 6.05. The van der Waals surface area contributed by atoms with Gasteiger partial charge in [0.2, 0.25) is 0 Å². The first-order valence-corrected chi connectivity index (χ1v) is 11.6. The highest BCUT2D eigenvalue weighted by atomic mass is 16.6. The first-order valence-electron chi connectivity index (χ1n) is 11.6. The SMILES string of the molecule is CC(=O)CCC1(C(=O)Oc2ccccc2OC(CC(C)C)CC(C)C)CCCCC1=O. The summed E-state index contributed by atoms with van der Waals surface area (Å²) in [5, 5.41) is 0. The second-order valence-electron chi connectivity index (χ2n) is 9.75. The lowest BCUT2D eigenvalue weighted by Crippen LogP contribution is -2.44. The van der Waals surface area contributed by atoms with Crippen molar-refractivity contribution in [2.24, 2.45) is 17.3 Å². The van der Waals surface area contributed by atoms with E-state index in [-0.39, 0.29) is 30.5 Å². The normalized spacial score (nSPS) is 19.2. The molecular weight excluding hydrogens is 392 g/mol. The summed E-state index contributed by atoms with van der Waals surface area (Å²) in [6, 6.07) is 7.16. The van der Waals surface area contributed by atoms with Crippen LogP contribution in [0.2, 0.25) is 0 Å². The highest BCUT2D eigenvalue weighted by Gasteiger charge is 2.48. The van der Waals surface area contributed by atoms with Crippen molar-refractivity contribution in [3.05, 3.63) is 24.3 Å². The van der Waals surface area contributed by atoms with E-state index >= 15 is 0 Å². The van der Waals surface area contributed by atoms with E-state index in [0.717, 1.165) is 25.7 Å². The van der Waals surface area contributed by atoms with Crippen molar-refractivity contribution in [3.8, 4) is 11.5 Å². The molecule has 1 atom stereocenters. The molecule has 1 aromatic carbocycles. The first-order chi connectivity index (χ1) is 14.6. The molecule has 2 rings (SSSR count). The second kappa shape index (κ2) is 11.4. The fourth-order valence-electron chi connectivity index (χ4n) is 4.32. The predicted molar refractivity (Wildman–Crippen MR) is 121 cm³/mol. The van der Waals surface area contributed by atoms with E-state index in [1.54, 1.807) is 18.2 Å². The highest BCUT2D eigenvalue weighted by Crippen LogP contribution is 2.40. The smallest absolute Gasteiger partial charge is 0.325 e. The summed E-state index contributed by atoms with van der Waals surface area (Å²) < 4.78 is 12.1. The number of carbonyl (C=O) groups excluding carboxylic acids is 3. The van der Waals surface area contributed by atoms with Crippen molar-refractivity contribution in [1.29, 1.82) is 0 Å². The Morgan fingerprint density at radius 1 is 1.00 bits per heavy atom. The minimum absolute atomic E-state index is 0.0165. The summed E-state index contributed by atoms with van der Waals surface area (Å²) >= 11 is 0. The van der Waals surface area contributed by atoms with Crippen LogP contribution in [0.5, 0.6) is 11.5 Å². The third kappa shape index (κ3) is 7.19. The zero-order chi connectivity index (χ0) is 23.0. The van der Waals surface area contributed by atoms with E-state index in [0.29, 0.717) is 36.2 Å². The van der Waals surface area contributed by atoms with Crippen molar-refractivity contribution in [1.82, 2.24) is 0 Å². The van der Waals surface area contributed by atoms with Gasteiger partial charge in [-0.15, -0.1) is 0 Å². The third-order valence-electron chi connectivity index (χ3n) is 5.90. The average molecular weight is 431 g/mol. The van der Waals surface area contributed by atoms with Crippen molar-refractivity contribution >= 4 is 17.5 Å². The van der Waals surface area contributed by atoms with Crippen LogP contribution in [0, 0.1) is 17.3 Å². The molecule has 0 bridgehead atoms. The van der Waals surface area contributed by atoms with E-state index in [1.165, 1.54) is 6.92 Å². The first kappa shape index (κ1) is 25.1. The predicted octanol–water partition coefficient (Wildman–Crippen LogP) is 5.93. The maximum atomic E-state index is 13.3. The number of esters is 1. The second-order valence-corrected chi connectivity index (χ2v) is 9.75. The van der Waals surface area contributed by atoms with Gasteiger partial charge in [-0.1, -0.05) is 46.2 Å². The van der Waals surface area contributed by atoms with Gasteiger partial charge in [-0.05, 0) is 63.0 Å². The minimum Gasteiger partial charge on any atom is -0.486 e. The Morgan fingerprint density at radius 2 is 1.61 bits per heavy atom. The molecule has 0 radical (unpaired) electrons. The molecule has 1 unspecified atom stereocenters. The van der Waals surface area contributed by atoms with Gasteiger partial charge in [-0.2, -0.15) is 0 Å². The summed E-state index contributed by atoms with van der Waals surface area (Å²) in [6.07, 6.45) is 4.59. The fraction of sp³-hybridized carbons (Fsp3) is 0.654. The van der Waals surface area contributed by atoms with E-state index in [4.69, 9.17) is 9.47 Å². The van der Waals surface area contributed by atoms with Gasteiger partial charge < -0.3 is 14.3 Å². The van der Waals surface area contributed by atoms with E-state index < -0.39 is 11.4 Å². The Kier molecular flexibility index (Phi) is 9.27. The van der Waals surface area contributed by atoms with Gasteiger partial charge in [0, 0.05) is 12.8 Å². The van der Waals surface area contributed by atoms with Gasteiger partial charge in [0.25, 0.3) is 0 Å². The lowest BCUT2D eigenvalue weighted by Gasteiger charge is -2.33. The summed E-state index contributed by atoms with van der Waals surface area (Å²) in [5.41, 5.74) is -1.23. The Morgan fingerprint density at radius 3 is 2.16 bits per heavy atom. The molecule has 1 aliphatic rings. The Hall–Kier alpha value is -2.17. The lowest BCUT2D eigenvalue weighted by atomic mass is 9.70. The number of hydrogen-bond acceptors (Lipinski definition) is 5. The molecule has 0 aliphatic heterocycles. The van der Waals surface area contributed by atoms with Crippen LogP contribution in [-0.2, 0) is 14.4 Å². The standard InChI is InChI=1S/C26H38O5/c1-18(2)16-21(17-19(3)4)30-22-10-6-7-11-23(22)31-25(29)26(15-13-20(5)27)14-9-8-12-24(26)28/h6-7,10-11,18-19,21H,8-9,12-17H2,1-5H3. The molecule has 31 heavy (non-hydrogen) atoms. The maximum Gasteiger partial charge on any atom is 0.325 e. The molecular formula is C26H38O5. The van der Waals surface area contributed by atoms with E-state index in [2.05, 4.69) is 27.7 Å². The van der Waals surface area contributed by atoms with Gasteiger partial charge in [-0.25, -0.2) is 0 Å². The molecule has 5 heteroatoms. The molecule has 0 saturated heterocycles.